The van der Waals surface area contributed by atoms with E-state index in [-0.39, 0.29) is 13.2 Å². The molecule has 2 N–H and O–H groups in total. The monoisotopic (exact) mass is 249 g/mol. The second kappa shape index (κ2) is 5.20. The number of rotatable bonds is 4. The van der Waals surface area contributed by atoms with Gasteiger partial charge in [0.05, 0.1) is 38.8 Å². The number of nitrogens with zero attached hydrogens (tertiary/aromatic N) is 1. The normalized spacial score (nSPS) is 10.7. The van der Waals surface area contributed by atoms with Crippen molar-refractivity contribution in [1.29, 1.82) is 0 Å². The van der Waals surface area contributed by atoms with Gasteiger partial charge < -0.3 is 19.7 Å². The summed E-state index contributed by atoms with van der Waals surface area (Å²) in [5, 5.41) is 20.1. The van der Waals surface area contributed by atoms with E-state index in [0.717, 1.165) is 10.8 Å². The van der Waals surface area contributed by atoms with Gasteiger partial charge in [-0.2, -0.15) is 0 Å². The highest BCUT2D eigenvalue weighted by Gasteiger charge is 2.11. The Morgan fingerprint density at radius 3 is 2.22 bits per heavy atom. The predicted molar refractivity (Wildman–Crippen MR) is 66.7 cm³/mol. The Bertz CT molecular complexity index is 568. The number of hydrogen-bond acceptors (Lipinski definition) is 5. The fourth-order valence-corrected chi connectivity index (χ4v) is 1.91. The lowest BCUT2D eigenvalue weighted by molar-refractivity contribution is 0.267. The van der Waals surface area contributed by atoms with Gasteiger partial charge in [-0.3, -0.25) is 4.98 Å². The molecule has 0 fully saturated rings. The summed E-state index contributed by atoms with van der Waals surface area (Å²) < 4.78 is 10.4. The highest BCUT2D eigenvalue weighted by atomic mass is 16.5. The maximum atomic E-state index is 9.33. The lowest BCUT2D eigenvalue weighted by atomic mass is 10.1. The first-order chi connectivity index (χ1) is 8.73. The zero-order valence-corrected chi connectivity index (χ0v) is 10.3. The molecule has 0 saturated carbocycles. The van der Waals surface area contributed by atoms with E-state index in [4.69, 9.17) is 14.6 Å². The SMILES string of the molecule is COc1cc2cc(CO)nc(CO)c2cc1OC. The van der Waals surface area contributed by atoms with Crippen LogP contribution in [-0.4, -0.2) is 29.4 Å². The van der Waals surface area contributed by atoms with Crippen LogP contribution in [0.15, 0.2) is 18.2 Å². The fraction of sp³-hybridized carbons (Fsp3) is 0.308. The Hall–Kier alpha value is -1.85. The van der Waals surface area contributed by atoms with Crippen LogP contribution in [0.25, 0.3) is 10.8 Å². The van der Waals surface area contributed by atoms with Gasteiger partial charge in [0.15, 0.2) is 11.5 Å². The van der Waals surface area contributed by atoms with Gasteiger partial charge in [0.1, 0.15) is 0 Å². The van der Waals surface area contributed by atoms with E-state index >= 15 is 0 Å². The first-order valence-electron chi connectivity index (χ1n) is 5.49. The van der Waals surface area contributed by atoms with E-state index in [1.165, 1.54) is 0 Å². The highest BCUT2D eigenvalue weighted by molar-refractivity contribution is 5.88. The zero-order chi connectivity index (χ0) is 13.1. The molecule has 0 atom stereocenters. The third-order valence-electron chi connectivity index (χ3n) is 2.78. The van der Waals surface area contributed by atoms with E-state index < -0.39 is 0 Å². The van der Waals surface area contributed by atoms with Gasteiger partial charge >= 0.3 is 0 Å². The molecule has 2 rings (SSSR count). The molecule has 0 aliphatic rings. The van der Waals surface area contributed by atoms with Gasteiger partial charge in [0.2, 0.25) is 0 Å². The number of fused-ring (bicyclic) bond motifs is 1. The summed E-state index contributed by atoms with van der Waals surface area (Å²) >= 11 is 0. The highest BCUT2D eigenvalue weighted by Crippen LogP contribution is 2.33. The zero-order valence-electron chi connectivity index (χ0n) is 10.3. The van der Waals surface area contributed by atoms with Crippen LogP contribution in [0.5, 0.6) is 11.5 Å². The Balaban J connectivity index is 2.74. The maximum Gasteiger partial charge on any atom is 0.161 e. The smallest absolute Gasteiger partial charge is 0.161 e. The van der Waals surface area contributed by atoms with Crippen molar-refractivity contribution < 1.29 is 19.7 Å². The predicted octanol–water partition coefficient (Wildman–Crippen LogP) is 1.24. The number of aliphatic hydroxyl groups is 2. The molecule has 0 aliphatic carbocycles. The van der Waals surface area contributed by atoms with Crippen LogP contribution >= 0.6 is 0 Å². The summed E-state index contributed by atoms with van der Waals surface area (Å²) in [6.45, 7) is -0.364. The van der Waals surface area contributed by atoms with Crippen LogP contribution in [0.4, 0.5) is 0 Å². The van der Waals surface area contributed by atoms with Gasteiger partial charge in [-0.05, 0) is 23.6 Å². The molecule has 1 heterocycles. The van der Waals surface area contributed by atoms with Crippen molar-refractivity contribution in [1.82, 2.24) is 4.98 Å². The lowest BCUT2D eigenvalue weighted by Gasteiger charge is -2.11. The summed E-state index contributed by atoms with van der Waals surface area (Å²) in [5.74, 6) is 1.18. The number of pyridine rings is 1. The van der Waals surface area contributed by atoms with Crippen LogP contribution < -0.4 is 9.47 Å². The second-order valence-electron chi connectivity index (χ2n) is 3.80. The van der Waals surface area contributed by atoms with Crippen LogP contribution in [0.1, 0.15) is 11.4 Å². The molecule has 0 amide bonds. The molecule has 1 aromatic heterocycles. The molecule has 5 nitrogen and oxygen atoms in total. The summed E-state index contributed by atoms with van der Waals surface area (Å²) in [6, 6.07) is 5.33. The van der Waals surface area contributed by atoms with Crippen molar-refractivity contribution in [2.45, 2.75) is 13.2 Å². The Morgan fingerprint density at radius 1 is 1.00 bits per heavy atom. The van der Waals surface area contributed by atoms with Crippen LogP contribution in [0, 0.1) is 0 Å². The van der Waals surface area contributed by atoms with Crippen molar-refractivity contribution in [3.05, 3.63) is 29.6 Å². The maximum absolute atomic E-state index is 9.33. The minimum absolute atomic E-state index is 0.169. The molecule has 96 valence electrons. The molecule has 18 heavy (non-hydrogen) atoms. The van der Waals surface area contributed by atoms with Crippen molar-refractivity contribution in [3.63, 3.8) is 0 Å². The molecule has 0 unspecified atom stereocenters. The van der Waals surface area contributed by atoms with Crippen molar-refractivity contribution in [2.75, 3.05) is 14.2 Å². The molecule has 2 aromatic rings. The molecule has 0 radical (unpaired) electrons. The topological polar surface area (TPSA) is 71.8 Å². The average Bonchev–Trinajstić information content (AvgIpc) is 2.44. The first kappa shape index (κ1) is 12.6. The standard InChI is InChI=1S/C13H15NO4/c1-17-12-4-8-3-9(6-15)14-11(7-16)10(8)5-13(12)18-2/h3-5,15-16H,6-7H2,1-2H3. The molecule has 5 heteroatoms. The van der Waals surface area contributed by atoms with Gasteiger partial charge in [-0.15, -0.1) is 0 Å². The Kier molecular flexibility index (Phi) is 3.64. The average molecular weight is 249 g/mol. The van der Waals surface area contributed by atoms with E-state index in [1.54, 1.807) is 32.4 Å². The Labute approximate surface area is 105 Å². The van der Waals surface area contributed by atoms with Gasteiger partial charge in [0.25, 0.3) is 0 Å². The number of benzene rings is 1. The van der Waals surface area contributed by atoms with E-state index in [2.05, 4.69) is 4.98 Å². The van der Waals surface area contributed by atoms with Crippen LogP contribution in [0.2, 0.25) is 0 Å². The molecule has 0 aliphatic heterocycles. The number of methoxy groups -OCH3 is 2. The van der Waals surface area contributed by atoms with Gasteiger partial charge in [-0.1, -0.05) is 0 Å². The summed E-state index contributed by atoms with van der Waals surface area (Å²) in [5.41, 5.74) is 1.02. The van der Waals surface area contributed by atoms with Crippen molar-refractivity contribution in [3.8, 4) is 11.5 Å². The lowest BCUT2D eigenvalue weighted by Crippen LogP contribution is -1.99. The molecular weight excluding hydrogens is 234 g/mol. The van der Waals surface area contributed by atoms with E-state index in [0.29, 0.717) is 22.9 Å². The minimum Gasteiger partial charge on any atom is -0.493 e. The van der Waals surface area contributed by atoms with Crippen LogP contribution in [0.3, 0.4) is 0 Å². The number of aliphatic hydroxyl groups excluding tert-OH is 2. The quantitative estimate of drug-likeness (QED) is 0.853. The Morgan fingerprint density at radius 2 is 1.67 bits per heavy atom. The molecule has 1 aromatic carbocycles. The van der Waals surface area contributed by atoms with Gasteiger partial charge in [0, 0.05) is 5.39 Å². The van der Waals surface area contributed by atoms with E-state index in [1.807, 2.05) is 0 Å². The van der Waals surface area contributed by atoms with Crippen LogP contribution in [-0.2, 0) is 13.2 Å². The molecule has 0 saturated heterocycles. The number of aromatic nitrogens is 1. The van der Waals surface area contributed by atoms with Crippen molar-refractivity contribution >= 4 is 10.8 Å². The summed E-state index contributed by atoms with van der Waals surface area (Å²) in [4.78, 5) is 4.17. The number of ether oxygens (including phenoxy) is 2. The third-order valence-corrected chi connectivity index (χ3v) is 2.78. The summed E-state index contributed by atoms with van der Waals surface area (Å²) in [7, 11) is 3.11. The van der Waals surface area contributed by atoms with E-state index in [9.17, 15) is 5.11 Å². The largest absolute Gasteiger partial charge is 0.493 e. The summed E-state index contributed by atoms with van der Waals surface area (Å²) in [6.07, 6.45) is 0. The molecular formula is C13H15NO4. The molecule has 0 bridgehead atoms. The number of hydrogen-bond donors (Lipinski definition) is 2. The van der Waals surface area contributed by atoms with Crippen molar-refractivity contribution in [2.24, 2.45) is 0 Å². The minimum atomic E-state index is -0.195. The fourth-order valence-electron chi connectivity index (χ4n) is 1.91. The molecule has 0 spiro atoms. The van der Waals surface area contributed by atoms with Gasteiger partial charge in [-0.25, -0.2) is 0 Å². The second-order valence-corrected chi connectivity index (χ2v) is 3.80. The first-order valence-corrected chi connectivity index (χ1v) is 5.49. The third kappa shape index (κ3) is 2.10.